The van der Waals surface area contributed by atoms with E-state index < -0.39 is 0 Å². The van der Waals surface area contributed by atoms with Gasteiger partial charge in [-0.1, -0.05) is 18.5 Å². The molecule has 2 fully saturated rings. The topological polar surface area (TPSA) is 54.2 Å². The molecule has 2 bridgehead atoms. The van der Waals surface area contributed by atoms with Crippen molar-refractivity contribution in [1.29, 1.82) is 0 Å². The number of fused-ring (bicyclic) bond motifs is 2. The van der Waals surface area contributed by atoms with E-state index >= 15 is 0 Å². The smallest absolute Gasteiger partial charge is 0.227 e. The molecule has 2 atom stereocenters. The maximum Gasteiger partial charge on any atom is 0.227 e. The number of nitrogens with zero attached hydrogens (tertiary/aromatic N) is 3. The maximum atomic E-state index is 5.11. The Labute approximate surface area is 114 Å². The predicted molar refractivity (Wildman–Crippen MR) is 72.8 cm³/mol. The Balaban J connectivity index is 1.59. The minimum atomic E-state index is 0.722. The van der Waals surface area contributed by atoms with E-state index in [4.69, 9.17) is 4.52 Å². The van der Waals surface area contributed by atoms with Crippen molar-refractivity contribution in [1.82, 2.24) is 20.4 Å². The van der Waals surface area contributed by atoms with E-state index in [1.807, 2.05) is 0 Å². The molecule has 2 aliphatic heterocycles. The predicted octanol–water partition coefficient (Wildman–Crippen LogP) is 1.61. The highest BCUT2D eigenvalue weighted by Crippen LogP contribution is 2.33. The van der Waals surface area contributed by atoms with Crippen molar-refractivity contribution in [2.24, 2.45) is 0 Å². The first-order chi connectivity index (χ1) is 9.36. The fourth-order valence-corrected chi connectivity index (χ4v) is 3.83. The molecule has 1 N–H and O–H groups in total. The van der Waals surface area contributed by atoms with Gasteiger partial charge in [-0.3, -0.25) is 4.90 Å². The molecule has 5 heteroatoms. The van der Waals surface area contributed by atoms with Crippen LogP contribution < -0.4 is 5.32 Å². The minimum absolute atomic E-state index is 0.722. The summed E-state index contributed by atoms with van der Waals surface area (Å²) in [4.78, 5) is 6.82. The van der Waals surface area contributed by atoms with Crippen LogP contribution in [0.25, 0.3) is 0 Å². The zero-order valence-corrected chi connectivity index (χ0v) is 11.7. The normalized spacial score (nSPS) is 31.5. The quantitative estimate of drug-likeness (QED) is 0.875. The maximum absolute atomic E-state index is 5.11. The summed E-state index contributed by atoms with van der Waals surface area (Å²) in [5, 5.41) is 7.32. The average molecular weight is 264 g/mol. The van der Waals surface area contributed by atoms with Crippen LogP contribution in [-0.4, -0.2) is 46.3 Å². The second kappa shape index (κ2) is 6.01. The van der Waals surface area contributed by atoms with Crippen molar-refractivity contribution in [3.8, 4) is 0 Å². The number of rotatable bonds is 5. The highest BCUT2D eigenvalue weighted by atomic mass is 16.5. The Morgan fingerprint density at radius 1 is 1.37 bits per heavy atom. The van der Waals surface area contributed by atoms with Gasteiger partial charge < -0.3 is 9.84 Å². The minimum Gasteiger partial charge on any atom is -0.340 e. The fraction of sp³-hybridized carbons (Fsp3) is 0.857. The van der Waals surface area contributed by atoms with E-state index in [0.717, 1.165) is 43.5 Å². The van der Waals surface area contributed by atoms with Gasteiger partial charge in [-0.05, 0) is 32.2 Å². The lowest BCUT2D eigenvalue weighted by molar-refractivity contribution is 0.0245. The zero-order chi connectivity index (χ0) is 13.1. The second-order valence-corrected chi connectivity index (χ2v) is 5.79. The number of aromatic nitrogens is 2. The van der Waals surface area contributed by atoms with Gasteiger partial charge in [0.05, 0.1) is 0 Å². The monoisotopic (exact) mass is 264 g/mol. The van der Waals surface area contributed by atoms with Crippen molar-refractivity contribution in [2.45, 2.75) is 63.6 Å². The van der Waals surface area contributed by atoms with Crippen LogP contribution in [0.2, 0.25) is 0 Å². The van der Waals surface area contributed by atoms with Crippen LogP contribution in [-0.2, 0) is 6.42 Å². The lowest BCUT2D eigenvalue weighted by Crippen LogP contribution is -2.56. The molecule has 0 radical (unpaired) electrons. The van der Waals surface area contributed by atoms with Crippen molar-refractivity contribution < 1.29 is 4.52 Å². The summed E-state index contributed by atoms with van der Waals surface area (Å²) < 4.78 is 5.11. The summed E-state index contributed by atoms with van der Waals surface area (Å²) >= 11 is 0. The van der Waals surface area contributed by atoms with Gasteiger partial charge in [0.1, 0.15) is 0 Å². The Kier molecular flexibility index (Phi) is 4.13. The molecule has 5 nitrogen and oxygen atoms in total. The van der Waals surface area contributed by atoms with Crippen molar-refractivity contribution >= 4 is 0 Å². The molecule has 2 unspecified atom stereocenters. The Morgan fingerprint density at radius 2 is 2.16 bits per heavy atom. The number of hydrogen-bond acceptors (Lipinski definition) is 5. The molecular weight excluding hydrogens is 240 g/mol. The van der Waals surface area contributed by atoms with Gasteiger partial charge in [0, 0.05) is 31.1 Å². The van der Waals surface area contributed by atoms with Crippen molar-refractivity contribution in [3.05, 3.63) is 12.2 Å². The van der Waals surface area contributed by atoms with Crippen molar-refractivity contribution in [3.63, 3.8) is 0 Å². The van der Waals surface area contributed by atoms with Gasteiger partial charge in [0.25, 0.3) is 0 Å². The lowest BCUT2D eigenvalue weighted by atomic mass is 9.81. The van der Waals surface area contributed by atoms with Crippen LogP contribution in [0.5, 0.6) is 0 Å². The molecule has 0 spiro atoms. The Hall–Kier alpha value is -0.940. The van der Waals surface area contributed by atoms with Gasteiger partial charge in [-0.2, -0.15) is 4.98 Å². The third-order valence-corrected chi connectivity index (χ3v) is 4.61. The molecule has 0 amide bonds. The molecule has 1 aromatic rings. The van der Waals surface area contributed by atoms with Gasteiger partial charge in [-0.25, -0.2) is 0 Å². The molecular formula is C14H24N4O. The molecule has 1 aromatic heterocycles. The van der Waals surface area contributed by atoms with E-state index in [9.17, 15) is 0 Å². The van der Waals surface area contributed by atoms with E-state index in [2.05, 4.69) is 27.3 Å². The molecule has 0 aliphatic carbocycles. The molecule has 0 aromatic carbocycles. The van der Waals surface area contributed by atoms with Crippen molar-refractivity contribution in [2.75, 3.05) is 13.1 Å². The summed E-state index contributed by atoms with van der Waals surface area (Å²) in [7, 11) is 0. The zero-order valence-electron chi connectivity index (χ0n) is 11.7. The fourth-order valence-electron chi connectivity index (χ4n) is 3.83. The lowest BCUT2D eigenvalue weighted by Gasteiger charge is -2.49. The standard InChI is InChI=1S/C14H24N4O/c1-2-15-11-8-12-4-3-5-13(9-11)18(12)7-6-14-16-10-17-19-14/h10-13,15H,2-9H2,1H3. The van der Waals surface area contributed by atoms with Gasteiger partial charge in [0.15, 0.2) is 6.33 Å². The Morgan fingerprint density at radius 3 is 2.79 bits per heavy atom. The molecule has 3 rings (SSSR count). The molecule has 3 heterocycles. The first-order valence-electron chi connectivity index (χ1n) is 7.61. The summed E-state index contributed by atoms with van der Waals surface area (Å²) in [6.45, 7) is 4.36. The third-order valence-electron chi connectivity index (χ3n) is 4.61. The average Bonchev–Trinajstić information content (AvgIpc) is 2.89. The number of nitrogens with one attached hydrogen (secondary N) is 1. The Bertz CT molecular complexity index is 367. The summed E-state index contributed by atoms with van der Waals surface area (Å²) in [6.07, 6.45) is 9.07. The molecule has 2 aliphatic rings. The van der Waals surface area contributed by atoms with Gasteiger partial charge >= 0.3 is 0 Å². The second-order valence-electron chi connectivity index (χ2n) is 5.79. The third kappa shape index (κ3) is 2.98. The summed E-state index contributed by atoms with van der Waals surface area (Å²) in [6, 6.07) is 2.22. The SMILES string of the molecule is CCNC1CC2CCCC(C1)N2CCc1ncno1. The van der Waals surface area contributed by atoms with E-state index in [0.29, 0.717) is 0 Å². The number of piperidine rings is 2. The molecule has 106 valence electrons. The van der Waals surface area contributed by atoms with E-state index in [1.54, 1.807) is 0 Å². The summed E-state index contributed by atoms with van der Waals surface area (Å²) in [5.41, 5.74) is 0. The molecule has 2 saturated heterocycles. The van der Waals surface area contributed by atoms with Gasteiger partial charge in [0.2, 0.25) is 5.89 Å². The van der Waals surface area contributed by atoms with Gasteiger partial charge in [-0.15, -0.1) is 0 Å². The van der Waals surface area contributed by atoms with Crippen LogP contribution >= 0.6 is 0 Å². The largest absolute Gasteiger partial charge is 0.340 e. The molecule has 0 saturated carbocycles. The highest BCUT2D eigenvalue weighted by Gasteiger charge is 2.37. The van der Waals surface area contributed by atoms with Crippen LogP contribution in [0.15, 0.2) is 10.9 Å². The first-order valence-corrected chi connectivity index (χ1v) is 7.61. The van der Waals surface area contributed by atoms with E-state index in [-0.39, 0.29) is 0 Å². The van der Waals surface area contributed by atoms with Crippen LogP contribution in [0.1, 0.15) is 44.9 Å². The number of hydrogen-bond donors (Lipinski definition) is 1. The van der Waals surface area contributed by atoms with Crippen LogP contribution in [0, 0.1) is 0 Å². The first kappa shape index (κ1) is 13.1. The summed E-state index contributed by atoms with van der Waals surface area (Å²) in [5.74, 6) is 0.770. The van der Waals surface area contributed by atoms with Crippen LogP contribution in [0.3, 0.4) is 0 Å². The molecule has 19 heavy (non-hydrogen) atoms. The highest BCUT2D eigenvalue weighted by molar-refractivity contribution is 4.95. The van der Waals surface area contributed by atoms with E-state index in [1.165, 1.54) is 38.4 Å². The van der Waals surface area contributed by atoms with Crippen LogP contribution in [0.4, 0.5) is 0 Å².